The molecule has 1 N–H and O–H groups in total. The van der Waals surface area contributed by atoms with Crippen LogP contribution in [0.15, 0.2) is 29.2 Å². The molecule has 0 aliphatic carbocycles. The molecule has 0 amide bonds. The first-order valence-corrected chi connectivity index (χ1v) is 6.86. The number of esters is 1. The molecule has 1 atom stereocenters. The molecule has 1 rings (SSSR count). The lowest BCUT2D eigenvalue weighted by Crippen LogP contribution is -2.30. The number of hydrogen-bond donors (Lipinski definition) is 1. The molecule has 0 heterocycles. The number of rotatable bonds is 6. The molecule has 7 heteroatoms. The van der Waals surface area contributed by atoms with Crippen LogP contribution in [-0.4, -0.2) is 25.1 Å². The molecule has 0 aliphatic rings. The molecule has 1 aromatic carbocycles. The molecule has 0 saturated heterocycles. The van der Waals surface area contributed by atoms with Gasteiger partial charge < -0.3 is 10.1 Å². The van der Waals surface area contributed by atoms with E-state index in [0.717, 1.165) is 6.42 Å². The summed E-state index contributed by atoms with van der Waals surface area (Å²) in [6, 6.07) is 5.02. The Bertz CT molecular complexity index is 434. The summed E-state index contributed by atoms with van der Waals surface area (Å²) in [7, 11) is 1.27. The second kappa shape index (κ2) is 7.54. The molecule has 0 aromatic heterocycles. The van der Waals surface area contributed by atoms with Gasteiger partial charge in [0.1, 0.15) is 6.04 Å². The fraction of sp³-hybridized carbons (Fsp3) is 0.462. The summed E-state index contributed by atoms with van der Waals surface area (Å²) < 4.78 is 41.4. The zero-order valence-electron chi connectivity index (χ0n) is 11.2. The summed E-state index contributed by atoms with van der Waals surface area (Å²) in [5.41, 5.74) is -3.74. The minimum Gasteiger partial charge on any atom is -0.468 e. The fourth-order valence-electron chi connectivity index (χ4n) is 1.61. The van der Waals surface area contributed by atoms with Crippen LogP contribution in [0.1, 0.15) is 24.9 Å². The number of hydrogen-bond acceptors (Lipinski definition) is 4. The van der Waals surface area contributed by atoms with Crippen LogP contribution in [0.2, 0.25) is 0 Å². The molecule has 0 radical (unpaired) electrons. The number of benzene rings is 1. The number of methoxy groups -OCH3 is 1. The highest BCUT2D eigenvalue weighted by Gasteiger charge is 2.29. The van der Waals surface area contributed by atoms with E-state index in [2.05, 4.69) is 10.1 Å². The Balaban J connectivity index is 2.84. The summed E-state index contributed by atoms with van der Waals surface area (Å²) in [5.74, 6) is -0.463. The first-order valence-electron chi connectivity index (χ1n) is 6.04. The number of carbonyl (C=O) groups is 1. The largest absolute Gasteiger partial charge is 0.468 e. The molecule has 0 spiro atoms. The van der Waals surface area contributed by atoms with E-state index in [0.29, 0.717) is 12.1 Å². The van der Waals surface area contributed by atoms with Crippen LogP contribution in [0, 0.1) is 0 Å². The maximum Gasteiger partial charge on any atom is 0.446 e. The van der Waals surface area contributed by atoms with Gasteiger partial charge in [0.25, 0.3) is 0 Å². The van der Waals surface area contributed by atoms with Crippen molar-refractivity contribution in [3.63, 3.8) is 0 Å². The van der Waals surface area contributed by atoms with Gasteiger partial charge in [0.2, 0.25) is 0 Å². The van der Waals surface area contributed by atoms with Gasteiger partial charge in [-0.3, -0.25) is 0 Å². The Morgan fingerprint density at radius 3 is 2.40 bits per heavy atom. The van der Waals surface area contributed by atoms with Crippen molar-refractivity contribution in [2.24, 2.45) is 0 Å². The maximum atomic E-state index is 12.2. The highest BCUT2D eigenvalue weighted by molar-refractivity contribution is 8.00. The standard InChI is InChI=1S/C13H16F3NO2S/c1-3-8-17-11(12(18)19-2)9-4-6-10(7-5-9)20-13(14,15)16/h4-7,11,17H,3,8H2,1-2H3. The van der Waals surface area contributed by atoms with E-state index < -0.39 is 17.5 Å². The van der Waals surface area contributed by atoms with Crippen LogP contribution >= 0.6 is 11.8 Å². The third kappa shape index (κ3) is 5.42. The van der Waals surface area contributed by atoms with Crippen LogP contribution in [0.5, 0.6) is 0 Å². The molecule has 1 aromatic rings. The van der Waals surface area contributed by atoms with Gasteiger partial charge in [-0.05, 0) is 42.4 Å². The molecule has 0 fully saturated rings. The van der Waals surface area contributed by atoms with Gasteiger partial charge in [0, 0.05) is 4.90 Å². The van der Waals surface area contributed by atoms with E-state index in [4.69, 9.17) is 0 Å². The third-order valence-electron chi connectivity index (χ3n) is 2.48. The van der Waals surface area contributed by atoms with E-state index in [1.807, 2.05) is 6.92 Å². The number of alkyl halides is 3. The van der Waals surface area contributed by atoms with Gasteiger partial charge >= 0.3 is 11.5 Å². The Morgan fingerprint density at radius 1 is 1.35 bits per heavy atom. The Kier molecular flexibility index (Phi) is 6.35. The number of thioether (sulfide) groups is 1. The molecule has 20 heavy (non-hydrogen) atoms. The van der Waals surface area contributed by atoms with Crippen molar-refractivity contribution < 1.29 is 22.7 Å². The highest BCUT2D eigenvalue weighted by atomic mass is 32.2. The summed E-state index contributed by atoms with van der Waals surface area (Å²) in [6.45, 7) is 2.56. The minimum absolute atomic E-state index is 0.0837. The van der Waals surface area contributed by atoms with Crippen molar-refractivity contribution >= 4 is 17.7 Å². The predicted molar refractivity (Wildman–Crippen MR) is 71.4 cm³/mol. The normalized spacial score (nSPS) is 13.1. The molecule has 1 unspecified atom stereocenters. The lowest BCUT2D eigenvalue weighted by atomic mass is 10.1. The molecular formula is C13H16F3NO2S. The Morgan fingerprint density at radius 2 is 1.95 bits per heavy atom. The topological polar surface area (TPSA) is 38.3 Å². The zero-order chi connectivity index (χ0) is 15.2. The molecule has 0 aliphatic heterocycles. The number of nitrogens with one attached hydrogen (secondary N) is 1. The highest BCUT2D eigenvalue weighted by Crippen LogP contribution is 2.37. The van der Waals surface area contributed by atoms with E-state index in [-0.39, 0.29) is 16.7 Å². The van der Waals surface area contributed by atoms with Gasteiger partial charge in [0.15, 0.2) is 0 Å². The van der Waals surface area contributed by atoms with Crippen molar-refractivity contribution in [1.29, 1.82) is 0 Å². The number of carbonyl (C=O) groups excluding carboxylic acids is 1. The van der Waals surface area contributed by atoms with Crippen molar-refractivity contribution in [3.8, 4) is 0 Å². The lowest BCUT2D eigenvalue weighted by Gasteiger charge is -2.17. The second-order valence-corrected chi connectivity index (χ2v) is 5.17. The Labute approximate surface area is 119 Å². The first kappa shape index (κ1) is 16.8. The van der Waals surface area contributed by atoms with E-state index >= 15 is 0 Å². The van der Waals surface area contributed by atoms with Gasteiger partial charge in [-0.15, -0.1) is 0 Å². The number of ether oxygens (including phenoxy) is 1. The molecule has 3 nitrogen and oxygen atoms in total. The molecule has 0 saturated carbocycles. The van der Waals surface area contributed by atoms with Crippen LogP contribution < -0.4 is 5.32 Å². The molecule has 0 bridgehead atoms. The maximum absolute atomic E-state index is 12.2. The van der Waals surface area contributed by atoms with Gasteiger partial charge in [-0.1, -0.05) is 19.1 Å². The predicted octanol–water partition coefficient (Wildman–Crippen LogP) is 3.51. The van der Waals surface area contributed by atoms with Crippen molar-refractivity contribution in [1.82, 2.24) is 5.32 Å². The van der Waals surface area contributed by atoms with Crippen LogP contribution in [0.4, 0.5) is 13.2 Å². The lowest BCUT2D eigenvalue weighted by molar-refractivity contribution is -0.143. The zero-order valence-corrected chi connectivity index (χ0v) is 12.0. The number of halogens is 3. The fourth-order valence-corrected chi connectivity index (χ4v) is 2.15. The molecular weight excluding hydrogens is 291 g/mol. The summed E-state index contributed by atoms with van der Waals surface area (Å²) in [4.78, 5) is 11.7. The van der Waals surface area contributed by atoms with Crippen LogP contribution in [-0.2, 0) is 9.53 Å². The van der Waals surface area contributed by atoms with Gasteiger partial charge in [-0.25, -0.2) is 4.79 Å². The average molecular weight is 307 g/mol. The summed E-state index contributed by atoms with van der Waals surface area (Å²) >= 11 is -0.183. The van der Waals surface area contributed by atoms with Crippen LogP contribution in [0.3, 0.4) is 0 Å². The summed E-state index contributed by atoms with van der Waals surface area (Å²) in [5, 5.41) is 3.00. The first-order chi connectivity index (χ1) is 9.37. The third-order valence-corrected chi connectivity index (χ3v) is 3.22. The molecule has 112 valence electrons. The van der Waals surface area contributed by atoms with Gasteiger partial charge in [0.05, 0.1) is 7.11 Å². The van der Waals surface area contributed by atoms with Crippen molar-refractivity contribution in [3.05, 3.63) is 29.8 Å². The van der Waals surface area contributed by atoms with E-state index in [1.165, 1.54) is 31.4 Å². The SMILES string of the molecule is CCCNC(C(=O)OC)c1ccc(SC(F)(F)F)cc1. The minimum atomic E-state index is -4.32. The van der Waals surface area contributed by atoms with Crippen molar-refractivity contribution in [2.75, 3.05) is 13.7 Å². The second-order valence-electron chi connectivity index (χ2n) is 4.03. The quantitative estimate of drug-likeness (QED) is 0.645. The smallest absolute Gasteiger partial charge is 0.446 e. The van der Waals surface area contributed by atoms with Crippen molar-refractivity contribution in [2.45, 2.75) is 29.8 Å². The summed E-state index contributed by atoms with van der Waals surface area (Å²) in [6.07, 6.45) is 0.829. The van der Waals surface area contributed by atoms with E-state index in [1.54, 1.807) is 0 Å². The van der Waals surface area contributed by atoms with Crippen LogP contribution in [0.25, 0.3) is 0 Å². The monoisotopic (exact) mass is 307 g/mol. The van der Waals surface area contributed by atoms with E-state index in [9.17, 15) is 18.0 Å². The van der Waals surface area contributed by atoms with Gasteiger partial charge in [-0.2, -0.15) is 13.2 Å². The Hall–Kier alpha value is -1.21. The average Bonchev–Trinajstić information content (AvgIpc) is 2.38.